The van der Waals surface area contributed by atoms with E-state index in [0.29, 0.717) is 133 Å². The second-order valence-electron chi connectivity index (χ2n) is 32.4. The summed E-state index contributed by atoms with van der Waals surface area (Å²) in [5.74, 6) is -2.16. The predicted molar refractivity (Wildman–Crippen MR) is 493 cm³/mol. The first-order valence-electron chi connectivity index (χ1n) is 42.4. The lowest BCUT2D eigenvalue weighted by Gasteiger charge is -2.32. The van der Waals surface area contributed by atoms with Crippen molar-refractivity contribution < 1.29 is 68.5 Å². The van der Waals surface area contributed by atoms with Crippen LogP contribution in [0.5, 0.6) is 23.0 Å². The van der Waals surface area contributed by atoms with Crippen molar-refractivity contribution in [1.82, 2.24) is 48.9 Å². The fourth-order valence-corrected chi connectivity index (χ4v) is 18.5. The van der Waals surface area contributed by atoms with Crippen molar-refractivity contribution in [3.8, 4) is 68.0 Å². The Kier molecular flexibility index (Phi) is 29.4. The van der Waals surface area contributed by atoms with Gasteiger partial charge in [-0.05, 0) is 223 Å². The number of aliphatic carboxylic acids is 1. The van der Waals surface area contributed by atoms with Crippen LogP contribution < -0.4 is 0 Å². The van der Waals surface area contributed by atoms with Crippen LogP contribution in [-0.4, -0.2) is 216 Å². The number of carboxylic acids is 1. The molecule has 4 aliphatic carbocycles. The van der Waals surface area contributed by atoms with Crippen molar-refractivity contribution in [1.29, 1.82) is 0 Å². The minimum atomic E-state index is -0.732. The number of aryl methyl sites for hydroxylation is 12. The molecule has 0 saturated carbocycles. The lowest BCUT2D eigenvalue weighted by molar-refractivity contribution is -0.146. The molecule has 5 aromatic carbocycles. The van der Waals surface area contributed by atoms with Crippen LogP contribution in [-0.2, 0) is 103 Å². The molecule has 2 saturated heterocycles. The van der Waals surface area contributed by atoms with Crippen LogP contribution >= 0.6 is 35.8 Å². The van der Waals surface area contributed by atoms with Gasteiger partial charge in [-0.3, -0.25) is 57.9 Å². The summed E-state index contributed by atoms with van der Waals surface area (Å²) in [7, 11) is 11.3. The standard InChI is InChI=1S/C25H25N3O4.C24H30N4O3S.C23H28N4O3S.C23H23N3O4S/c1-15(26-14-21(29)17-8-10-18(11-9-17)25(31)32-3)22-24(30)23(28(2)27-22)20-12-7-16-5-4-6-19(16)13-20;1-15(25-14-20(32)28-11-9-17(10-12-28)24(30)31-3)21-23(29)22(27(2)26-21)19-8-7-16-5-4-6-18(16)13-19;1-14(24-13-19(31)27-10-8-16(9-11-27)23(29)30)20-22(28)21(26(2)25-20)18-7-6-15-4-3-5-17(15)12-18;1-13(24-12-17(27)18-9-10-19(31-18)23(29)30-3)20-22(28)21(26(2)25-20)16-8-7-14-5-4-6-15(14)11-16/h7-13,30H,4-6,14H2,1-3H3;7-8,13,17,29H,4-6,9-12,14H2,1-3H3;6-7,12,16,28H,3-5,8-11,13H2,1-2H3,(H,29,30);7-11,28H,4-6,12H2,1-3H3. The summed E-state index contributed by atoms with van der Waals surface area (Å²) >= 11 is 12.2. The first kappa shape index (κ1) is 91.2. The summed E-state index contributed by atoms with van der Waals surface area (Å²) in [6.45, 7) is 10.3. The number of esters is 3. The minimum absolute atomic E-state index is 0.0487. The van der Waals surface area contributed by atoms with Gasteiger partial charge in [0.15, 0.2) is 34.6 Å². The average molecular weight is 1760 g/mol. The number of thiocarbonyl (C=S) groups is 2. The topological polar surface area (TPSA) is 358 Å². The van der Waals surface area contributed by atoms with Crippen LogP contribution in [0.15, 0.2) is 129 Å². The summed E-state index contributed by atoms with van der Waals surface area (Å²) < 4.78 is 20.9. The molecular weight excluding hydrogens is 1660 g/mol. The van der Waals surface area contributed by atoms with Crippen LogP contribution in [0, 0.1) is 11.8 Å². The fourth-order valence-electron chi connectivity index (χ4n) is 17.1. The van der Waals surface area contributed by atoms with Crippen LogP contribution in [0.1, 0.15) is 186 Å². The first-order chi connectivity index (χ1) is 60.5. The number of aromatic hydroxyl groups is 4. The summed E-state index contributed by atoms with van der Waals surface area (Å²) in [4.78, 5) is 95.1. The van der Waals surface area contributed by atoms with Gasteiger partial charge in [0.1, 0.15) is 63.5 Å². The highest BCUT2D eigenvalue weighted by atomic mass is 32.1. The Labute approximate surface area is 746 Å². The Bertz CT molecular complexity index is 5980. The van der Waals surface area contributed by atoms with Crippen LogP contribution in [0.3, 0.4) is 0 Å². The number of thiophene rings is 1. The Morgan fingerprint density at radius 1 is 0.389 bits per heavy atom. The molecule has 7 heterocycles. The SMILES string of the molecule is CC(=NCC(=S)N1CCC(C(=O)O)CC1)c1nn(C)c(-c2ccc3c(c2)CCC3)c1O.COC(=O)C1CCN(C(=S)CN=C(C)c2nn(C)c(-c3ccc4c(c3)CCC4)c2O)CC1.COC(=O)c1ccc(C(=O)CN=C(C)c2nn(C)c(-c3ccc4c(c3)CCC4)c2O)cc1.COC(=O)c1ccc(C(=O)CN=C(C)c2nn(C)c(-c3ccc4c(c3)CCC4)c2O)s1. The van der Waals surface area contributed by atoms with Crippen molar-refractivity contribution >= 4 is 104 Å². The molecule has 28 nitrogen and oxygen atoms in total. The maximum atomic E-state index is 12.5. The van der Waals surface area contributed by atoms with Gasteiger partial charge in [0, 0.05) is 82.2 Å². The molecule has 0 unspecified atom stereocenters. The highest BCUT2D eigenvalue weighted by Gasteiger charge is 2.31. The molecule has 10 aromatic rings. The van der Waals surface area contributed by atoms with E-state index in [1.807, 2.05) is 51.0 Å². The zero-order chi connectivity index (χ0) is 89.9. The number of ketones is 2. The predicted octanol–water partition coefficient (Wildman–Crippen LogP) is 14.1. The monoisotopic (exact) mass is 1760 g/mol. The van der Waals surface area contributed by atoms with E-state index in [9.17, 15) is 49.2 Å². The number of rotatable bonds is 22. The number of ether oxygens (including phenoxy) is 3. The number of hydrogen-bond acceptors (Lipinski definition) is 24. The fraction of sp³-hybridized carbons (Fsp3) is 0.389. The molecule has 0 spiro atoms. The lowest BCUT2D eigenvalue weighted by atomic mass is 9.97. The number of nitrogens with zero attached hydrogens (tertiary/aromatic N) is 14. The Morgan fingerprint density at radius 2 is 0.690 bits per heavy atom. The lowest BCUT2D eigenvalue weighted by Crippen LogP contribution is -2.40. The van der Waals surface area contributed by atoms with Gasteiger partial charge in [0.2, 0.25) is 0 Å². The van der Waals surface area contributed by atoms with Gasteiger partial charge in [-0.2, -0.15) is 20.4 Å². The maximum absolute atomic E-state index is 12.5. The van der Waals surface area contributed by atoms with Gasteiger partial charge >= 0.3 is 23.9 Å². The second kappa shape index (κ2) is 40.7. The summed E-state index contributed by atoms with van der Waals surface area (Å²) in [6.07, 6.45) is 16.1. The first-order valence-corrected chi connectivity index (χ1v) is 44.0. The van der Waals surface area contributed by atoms with Crippen LogP contribution in [0.2, 0.25) is 0 Å². The highest BCUT2D eigenvalue weighted by molar-refractivity contribution is 7.80. The number of hydrogen-bond donors (Lipinski definition) is 5. The number of aromatic nitrogens is 8. The molecule has 658 valence electrons. The van der Waals surface area contributed by atoms with E-state index >= 15 is 0 Å². The van der Waals surface area contributed by atoms with Crippen molar-refractivity contribution in [2.75, 3.05) is 73.7 Å². The molecule has 0 amide bonds. The summed E-state index contributed by atoms with van der Waals surface area (Å²) in [5.41, 5.74) is 22.0. The van der Waals surface area contributed by atoms with Crippen molar-refractivity contribution in [2.45, 2.75) is 130 Å². The zero-order valence-corrected chi connectivity index (χ0v) is 75.4. The molecule has 0 bridgehead atoms. The third-order valence-electron chi connectivity index (χ3n) is 24.2. The van der Waals surface area contributed by atoms with E-state index < -0.39 is 17.9 Å². The Balaban J connectivity index is 0.000000144. The number of carbonyl (C=O) groups excluding carboxylic acids is 5. The third kappa shape index (κ3) is 20.7. The molecular formula is C95H106N14O14S3. The number of piperidine rings is 2. The number of fused-ring (bicyclic) bond motifs is 4. The average Bonchev–Trinajstić information content (AvgIpc) is 1.65. The van der Waals surface area contributed by atoms with E-state index in [1.165, 1.54) is 78.7 Å². The number of methoxy groups -OCH3 is 3. The second-order valence-corrected chi connectivity index (χ2v) is 34.4. The molecule has 126 heavy (non-hydrogen) atoms. The molecule has 16 rings (SSSR count). The van der Waals surface area contributed by atoms with E-state index in [4.69, 9.17) is 34.3 Å². The normalized spacial score (nSPS) is 15.1. The Morgan fingerprint density at radius 3 is 1.02 bits per heavy atom. The number of Topliss-reactive ketones (excluding diaryl/α,β-unsaturated/α-hetero) is 2. The van der Waals surface area contributed by atoms with Gasteiger partial charge in [0.05, 0.1) is 89.5 Å². The number of carbonyl (C=O) groups is 6. The summed E-state index contributed by atoms with van der Waals surface area (Å²) in [5, 5.41) is 70.7. The van der Waals surface area contributed by atoms with Gasteiger partial charge in [-0.15, -0.1) is 11.3 Å². The molecule has 31 heteroatoms. The molecule has 5 aromatic heterocycles. The number of likely N-dealkylation sites (tertiary alicyclic amines) is 2. The van der Waals surface area contributed by atoms with E-state index in [1.54, 1.807) is 83.1 Å². The van der Waals surface area contributed by atoms with Crippen LogP contribution in [0.25, 0.3) is 45.0 Å². The van der Waals surface area contributed by atoms with E-state index in [2.05, 4.69) is 109 Å². The highest BCUT2D eigenvalue weighted by Crippen LogP contribution is 2.41. The number of carboxylic acid groups (broad SMARTS) is 1. The van der Waals surface area contributed by atoms with E-state index in [-0.39, 0.29) is 65.5 Å². The number of aliphatic imine (C=N–C) groups is 4. The van der Waals surface area contributed by atoms with Gasteiger partial charge in [-0.25, -0.2) is 9.59 Å². The molecule has 5 N–H and O–H groups in total. The number of benzene rings is 5. The van der Waals surface area contributed by atoms with Gasteiger partial charge in [0.25, 0.3) is 0 Å². The zero-order valence-electron chi connectivity index (χ0n) is 72.9. The molecule has 2 aliphatic heterocycles. The quantitative estimate of drug-likeness (QED) is 0.0138. The largest absolute Gasteiger partial charge is 0.504 e. The van der Waals surface area contributed by atoms with E-state index in [0.717, 1.165) is 129 Å². The van der Waals surface area contributed by atoms with Crippen molar-refractivity contribution in [3.05, 3.63) is 197 Å². The molecule has 6 aliphatic rings. The molecule has 0 radical (unpaired) electrons. The van der Waals surface area contributed by atoms with Crippen molar-refractivity contribution in [2.24, 2.45) is 60.0 Å². The smallest absolute Gasteiger partial charge is 0.348 e. The molecule has 0 atom stereocenters. The Hall–Kier alpha value is -12.5. The minimum Gasteiger partial charge on any atom is -0.504 e. The molecule has 2 fully saturated rings. The van der Waals surface area contributed by atoms with Gasteiger partial charge in [-0.1, -0.05) is 85.1 Å². The van der Waals surface area contributed by atoms with Gasteiger partial charge < -0.3 is 49.5 Å². The van der Waals surface area contributed by atoms with Crippen LogP contribution in [0.4, 0.5) is 0 Å². The maximum Gasteiger partial charge on any atom is 0.348 e. The van der Waals surface area contributed by atoms with Crippen molar-refractivity contribution in [3.63, 3.8) is 0 Å². The summed E-state index contributed by atoms with van der Waals surface area (Å²) in [6, 6.07) is 34.6. The third-order valence-corrected chi connectivity index (χ3v) is 26.1.